The molecule has 0 unspecified atom stereocenters. The normalized spacial score (nSPS) is 10.9. The van der Waals surface area contributed by atoms with Gasteiger partial charge in [-0.2, -0.15) is 5.10 Å². The topological polar surface area (TPSA) is 70.1 Å². The van der Waals surface area contributed by atoms with Crippen LogP contribution in [0, 0.1) is 0 Å². The predicted octanol–water partition coefficient (Wildman–Crippen LogP) is 0.595. The maximum Gasteiger partial charge on any atom is 0.289 e. The highest BCUT2D eigenvalue weighted by Gasteiger charge is 2.08. The number of aromatic nitrogens is 2. The van der Waals surface area contributed by atoms with E-state index >= 15 is 0 Å². The van der Waals surface area contributed by atoms with Gasteiger partial charge in [-0.25, -0.2) is 4.68 Å². The zero-order chi connectivity index (χ0) is 11.4. The lowest BCUT2D eigenvalue weighted by molar-refractivity contribution is 0.181. The third-order valence-electron chi connectivity index (χ3n) is 2.12. The van der Waals surface area contributed by atoms with Gasteiger partial charge in [-0.05, 0) is 12.0 Å². The van der Waals surface area contributed by atoms with Crippen LogP contribution in [0.5, 0.6) is 0 Å². The molecule has 0 bridgehead atoms. The monoisotopic (exact) mass is 211 g/mol. The smallest absolute Gasteiger partial charge is 0.289 e. The van der Waals surface area contributed by atoms with Gasteiger partial charge in [0.15, 0.2) is 0 Å². The van der Waals surface area contributed by atoms with Crippen LogP contribution in [-0.4, -0.2) is 23.5 Å². The fraction of sp³-hybridized carbons (Fsp3) is 0.600. The third kappa shape index (κ3) is 2.79. The molecule has 0 aliphatic heterocycles. The Morgan fingerprint density at radius 2 is 2.27 bits per heavy atom. The molecule has 0 spiro atoms. The Bertz CT molecular complexity index is 385. The SMILES string of the molecule is COCCn1nc(C(C)C)cc(N)c1=O. The Kier molecular flexibility index (Phi) is 3.85. The van der Waals surface area contributed by atoms with Crippen LogP contribution in [0.1, 0.15) is 25.5 Å². The minimum absolute atomic E-state index is 0.241. The molecule has 1 heterocycles. The van der Waals surface area contributed by atoms with Gasteiger partial charge < -0.3 is 10.5 Å². The van der Waals surface area contributed by atoms with E-state index in [1.54, 1.807) is 13.2 Å². The summed E-state index contributed by atoms with van der Waals surface area (Å²) in [5.41, 5.74) is 6.43. The van der Waals surface area contributed by atoms with E-state index in [9.17, 15) is 4.79 Å². The zero-order valence-electron chi connectivity index (χ0n) is 9.36. The number of hydrogen-bond donors (Lipinski definition) is 1. The highest BCUT2D eigenvalue weighted by molar-refractivity contribution is 5.36. The van der Waals surface area contributed by atoms with Gasteiger partial charge >= 0.3 is 0 Å². The van der Waals surface area contributed by atoms with E-state index in [4.69, 9.17) is 10.5 Å². The highest BCUT2D eigenvalue weighted by atomic mass is 16.5. The van der Waals surface area contributed by atoms with Crippen LogP contribution in [0.3, 0.4) is 0 Å². The molecule has 15 heavy (non-hydrogen) atoms. The summed E-state index contributed by atoms with van der Waals surface area (Å²) in [6.07, 6.45) is 0. The fourth-order valence-electron chi connectivity index (χ4n) is 1.20. The van der Waals surface area contributed by atoms with E-state index < -0.39 is 0 Å². The first-order valence-corrected chi connectivity index (χ1v) is 4.92. The van der Waals surface area contributed by atoms with Gasteiger partial charge in [0.1, 0.15) is 5.69 Å². The lowest BCUT2D eigenvalue weighted by Gasteiger charge is -2.10. The van der Waals surface area contributed by atoms with Crippen molar-refractivity contribution in [1.29, 1.82) is 0 Å². The predicted molar refractivity (Wildman–Crippen MR) is 58.9 cm³/mol. The molecule has 0 fully saturated rings. The summed E-state index contributed by atoms with van der Waals surface area (Å²) in [7, 11) is 1.58. The maximum absolute atomic E-state index is 11.6. The van der Waals surface area contributed by atoms with Crippen molar-refractivity contribution in [2.45, 2.75) is 26.3 Å². The molecule has 0 radical (unpaired) electrons. The third-order valence-corrected chi connectivity index (χ3v) is 2.12. The number of methoxy groups -OCH3 is 1. The molecule has 0 atom stereocenters. The molecule has 0 amide bonds. The van der Waals surface area contributed by atoms with Crippen molar-refractivity contribution in [1.82, 2.24) is 9.78 Å². The van der Waals surface area contributed by atoms with Crippen LogP contribution in [0.4, 0.5) is 5.69 Å². The van der Waals surface area contributed by atoms with E-state index in [0.717, 1.165) is 5.69 Å². The average molecular weight is 211 g/mol. The summed E-state index contributed by atoms with van der Waals surface area (Å²) in [5.74, 6) is 0.252. The number of nitrogens with two attached hydrogens (primary N) is 1. The molecule has 1 aromatic rings. The Hall–Kier alpha value is -1.36. The average Bonchev–Trinajstić information content (AvgIpc) is 2.19. The second kappa shape index (κ2) is 4.93. The summed E-state index contributed by atoms with van der Waals surface area (Å²) in [6, 6.07) is 1.64. The Balaban J connectivity index is 3.08. The maximum atomic E-state index is 11.6. The van der Waals surface area contributed by atoms with Crippen molar-refractivity contribution < 1.29 is 4.74 Å². The van der Waals surface area contributed by atoms with Gasteiger partial charge in [0.2, 0.25) is 0 Å². The van der Waals surface area contributed by atoms with Crippen LogP contribution < -0.4 is 11.3 Å². The molecule has 84 valence electrons. The van der Waals surface area contributed by atoms with Crippen LogP contribution >= 0.6 is 0 Å². The molecule has 1 aromatic heterocycles. The Morgan fingerprint density at radius 1 is 1.60 bits per heavy atom. The first-order chi connectivity index (χ1) is 7.06. The van der Waals surface area contributed by atoms with Crippen LogP contribution in [-0.2, 0) is 11.3 Å². The highest BCUT2D eigenvalue weighted by Crippen LogP contribution is 2.10. The summed E-state index contributed by atoms with van der Waals surface area (Å²) in [4.78, 5) is 11.6. The van der Waals surface area contributed by atoms with Crippen molar-refractivity contribution in [3.8, 4) is 0 Å². The summed E-state index contributed by atoms with van der Waals surface area (Å²) in [5, 5.41) is 4.21. The minimum atomic E-state index is -0.253. The van der Waals surface area contributed by atoms with Gasteiger partial charge in [0.25, 0.3) is 5.56 Å². The molecule has 0 aromatic carbocycles. The van der Waals surface area contributed by atoms with Gasteiger partial charge in [-0.3, -0.25) is 4.79 Å². The van der Waals surface area contributed by atoms with E-state index in [0.29, 0.717) is 13.2 Å². The largest absolute Gasteiger partial charge is 0.394 e. The van der Waals surface area contributed by atoms with Crippen molar-refractivity contribution in [3.63, 3.8) is 0 Å². The summed E-state index contributed by atoms with van der Waals surface area (Å²) < 4.78 is 6.26. The van der Waals surface area contributed by atoms with Gasteiger partial charge in [0, 0.05) is 7.11 Å². The Labute approximate surface area is 88.9 Å². The van der Waals surface area contributed by atoms with Crippen molar-refractivity contribution in [2.75, 3.05) is 19.5 Å². The standard InChI is InChI=1S/C10H17N3O2/c1-7(2)9-6-8(11)10(14)13(12-9)4-5-15-3/h6-7H,4-5,11H2,1-3H3. The lowest BCUT2D eigenvalue weighted by Crippen LogP contribution is -2.28. The molecule has 2 N–H and O–H groups in total. The van der Waals surface area contributed by atoms with Gasteiger partial charge in [-0.1, -0.05) is 13.8 Å². The molecule has 0 saturated heterocycles. The molecule has 5 heteroatoms. The quantitative estimate of drug-likeness (QED) is 0.791. The van der Waals surface area contributed by atoms with Crippen molar-refractivity contribution in [3.05, 3.63) is 22.1 Å². The molecule has 0 aliphatic carbocycles. The zero-order valence-corrected chi connectivity index (χ0v) is 9.36. The van der Waals surface area contributed by atoms with Gasteiger partial charge in [0.05, 0.1) is 18.8 Å². The van der Waals surface area contributed by atoms with Crippen LogP contribution in [0.15, 0.2) is 10.9 Å². The minimum Gasteiger partial charge on any atom is -0.394 e. The number of anilines is 1. The number of ether oxygens (including phenoxy) is 1. The van der Waals surface area contributed by atoms with E-state index in [-0.39, 0.29) is 17.2 Å². The Morgan fingerprint density at radius 3 is 2.80 bits per heavy atom. The number of rotatable bonds is 4. The second-order valence-corrected chi connectivity index (χ2v) is 3.70. The molecule has 0 aliphatic rings. The summed E-state index contributed by atoms with van der Waals surface area (Å²) in [6.45, 7) is 4.90. The molecular formula is C10H17N3O2. The lowest BCUT2D eigenvalue weighted by atomic mass is 10.1. The van der Waals surface area contributed by atoms with Crippen molar-refractivity contribution >= 4 is 5.69 Å². The van der Waals surface area contributed by atoms with Crippen LogP contribution in [0.25, 0.3) is 0 Å². The summed E-state index contributed by atoms with van der Waals surface area (Å²) >= 11 is 0. The van der Waals surface area contributed by atoms with Crippen molar-refractivity contribution in [2.24, 2.45) is 0 Å². The molecule has 0 saturated carbocycles. The van der Waals surface area contributed by atoms with Gasteiger partial charge in [-0.15, -0.1) is 0 Å². The second-order valence-electron chi connectivity index (χ2n) is 3.70. The first kappa shape index (κ1) is 11.7. The first-order valence-electron chi connectivity index (χ1n) is 4.92. The number of hydrogen-bond acceptors (Lipinski definition) is 4. The van der Waals surface area contributed by atoms with Crippen LogP contribution in [0.2, 0.25) is 0 Å². The number of nitrogens with zero attached hydrogens (tertiary/aromatic N) is 2. The van der Waals surface area contributed by atoms with E-state index in [2.05, 4.69) is 5.10 Å². The fourth-order valence-corrected chi connectivity index (χ4v) is 1.20. The van der Waals surface area contributed by atoms with E-state index in [1.165, 1.54) is 4.68 Å². The van der Waals surface area contributed by atoms with E-state index in [1.807, 2.05) is 13.8 Å². The molecule has 1 rings (SSSR count). The molecule has 5 nitrogen and oxygen atoms in total. The number of nitrogen functional groups attached to an aromatic ring is 1. The molecular weight excluding hydrogens is 194 g/mol.